The molecule has 0 amide bonds. The van der Waals surface area contributed by atoms with Gasteiger partial charge in [-0.15, -0.1) is 0 Å². The topological polar surface area (TPSA) is 192 Å². The summed E-state index contributed by atoms with van der Waals surface area (Å²) >= 11 is 0. The monoisotopic (exact) mass is 849 g/mol. The Morgan fingerprint density at radius 3 is 1.40 bits per heavy atom. The molecule has 6 unspecified atom stereocenters. The molecule has 6 N–H and O–H groups in total. The molecule has 1 rings (SSSR count). The molecular weight excluding hydrogens is 763 g/mol. The summed E-state index contributed by atoms with van der Waals surface area (Å²) in [6.45, 7) is 4.22. The number of rotatable bonds is 39. The Balaban J connectivity index is 2.39. The minimum absolute atomic E-state index is 0.0804. The Hall–Kier alpha value is -1.18. The summed E-state index contributed by atoms with van der Waals surface area (Å²) in [7, 11) is -5.02. The first-order valence-electron chi connectivity index (χ1n) is 23.2. The van der Waals surface area contributed by atoms with Crippen molar-refractivity contribution >= 4 is 13.8 Å². The fourth-order valence-electron chi connectivity index (χ4n) is 7.05. The number of phosphoric ester groups is 1. The summed E-state index contributed by atoms with van der Waals surface area (Å²) in [6.07, 6.45) is 28.2. The number of ether oxygens (including phenoxy) is 2. The van der Waals surface area contributed by atoms with Crippen molar-refractivity contribution in [2.45, 2.75) is 236 Å². The van der Waals surface area contributed by atoms with Crippen LogP contribution in [0.3, 0.4) is 0 Å². The van der Waals surface area contributed by atoms with Gasteiger partial charge in [0.15, 0.2) is 0 Å². The number of aliphatic hydroxyl groups is 5. The van der Waals surface area contributed by atoms with Crippen LogP contribution in [0.25, 0.3) is 0 Å². The molecule has 0 aromatic carbocycles. The van der Waals surface area contributed by atoms with Gasteiger partial charge in [-0.2, -0.15) is 0 Å². The van der Waals surface area contributed by atoms with Crippen molar-refractivity contribution in [3.8, 4) is 0 Å². The van der Waals surface area contributed by atoms with E-state index in [0.29, 0.717) is 13.0 Å². The maximum Gasteiger partial charge on any atom is 0.472 e. The number of allylic oxidation sites excluding steroid dienone is 4. The first-order valence-corrected chi connectivity index (χ1v) is 24.7. The first kappa shape index (κ1) is 54.8. The molecule has 0 spiro atoms. The molecule has 0 aromatic heterocycles. The van der Waals surface area contributed by atoms with Gasteiger partial charge in [0.25, 0.3) is 0 Å². The van der Waals surface area contributed by atoms with E-state index in [0.717, 1.165) is 57.8 Å². The number of carbonyl (C=O) groups excluding carboxylic acids is 1. The molecule has 342 valence electrons. The molecule has 1 saturated carbocycles. The summed E-state index contributed by atoms with van der Waals surface area (Å²) in [6, 6.07) is 0. The number of esters is 1. The van der Waals surface area contributed by atoms with Crippen molar-refractivity contribution in [1.29, 1.82) is 0 Å². The highest BCUT2D eigenvalue weighted by Gasteiger charge is 2.51. The molecule has 0 bridgehead atoms. The smallest absolute Gasteiger partial charge is 0.457 e. The van der Waals surface area contributed by atoms with E-state index < -0.39 is 63.1 Å². The van der Waals surface area contributed by atoms with Gasteiger partial charge >= 0.3 is 13.8 Å². The molecule has 1 fully saturated rings. The third kappa shape index (κ3) is 28.4. The van der Waals surface area contributed by atoms with Gasteiger partial charge < -0.3 is 39.9 Å². The van der Waals surface area contributed by atoms with Crippen molar-refractivity contribution in [2.24, 2.45) is 0 Å². The van der Waals surface area contributed by atoms with Crippen molar-refractivity contribution in [3.63, 3.8) is 0 Å². The summed E-state index contributed by atoms with van der Waals surface area (Å²) in [5.74, 6) is -0.483. The Bertz CT molecular complexity index is 1060. The second-order valence-electron chi connectivity index (χ2n) is 16.2. The van der Waals surface area contributed by atoms with Gasteiger partial charge in [-0.25, -0.2) is 4.57 Å². The minimum atomic E-state index is -5.02. The lowest BCUT2D eigenvalue weighted by Gasteiger charge is -2.41. The van der Waals surface area contributed by atoms with Crippen molar-refractivity contribution in [3.05, 3.63) is 24.3 Å². The molecule has 0 saturated heterocycles. The van der Waals surface area contributed by atoms with E-state index in [1.165, 1.54) is 109 Å². The fourth-order valence-corrected chi connectivity index (χ4v) is 8.02. The second-order valence-corrected chi connectivity index (χ2v) is 17.7. The van der Waals surface area contributed by atoms with Crippen LogP contribution >= 0.6 is 7.82 Å². The quantitative estimate of drug-likeness (QED) is 0.0149. The number of aliphatic hydroxyl groups excluding tert-OH is 5. The van der Waals surface area contributed by atoms with E-state index in [2.05, 4.69) is 38.2 Å². The second kappa shape index (κ2) is 36.5. The third-order valence-electron chi connectivity index (χ3n) is 10.8. The van der Waals surface area contributed by atoms with Gasteiger partial charge in [0.2, 0.25) is 0 Å². The maximum absolute atomic E-state index is 12.8. The number of phosphoric acid groups is 1. The molecule has 1 aliphatic rings. The lowest BCUT2D eigenvalue weighted by molar-refractivity contribution is -0.220. The molecule has 0 heterocycles. The van der Waals surface area contributed by atoms with E-state index >= 15 is 0 Å². The average Bonchev–Trinajstić information content (AvgIpc) is 3.21. The Labute approximate surface area is 351 Å². The number of unbranched alkanes of at least 4 members (excludes halogenated alkanes) is 23. The van der Waals surface area contributed by atoms with Crippen LogP contribution in [-0.4, -0.2) is 98.9 Å². The van der Waals surface area contributed by atoms with E-state index in [1.807, 2.05) is 0 Å². The van der Waals surface area contributed by atoms with Crippen LogP contribution in [0.15, 0.2) is 24.3 Å². The number of hydrogen-bond donors (Lipinski definition) is 6. The molecule has 12 nitrogen and oxygen atoms in total. The lowest BCUT2D eigenvalue weighted by Crippen LogP contribution is -2.64. The van der Waals surface area contributed by atoms with Crippen molar-refractivity contribution in [2.75, 3.05) is 19.8 Å². The first-order chi connectivity index (χ1) is 28.0. The molecule has 0 radical (unpaired) electrons. The standard InChI is InChI=1S/C45H85O12P/c1-3-5-7-9-11-13-15-17-18-19-20-21-22-24-26-28-30-32-34-39(46)56-38(36-54-35-33-31-29-27-25-23-16-14-12-10-8-6-4-2)37-55-58(52,53)57-45-43(50)41(48)40(47)42(49)44(45)51/h12,14,18-19,38,40-45,47-51H,3-11,13,15-17,20-37H2,1-2H3,(H,52,53)/b14-12-,19-18-. The Kier molecular flexibility index (Phi) is 34.5. The SMILES string of the molecule is CCCCC/C=C\CCCCCCCCOCC(COP(=O)(O)OC1C(O)C(O)C(O)C(O)C1O)OC(=O)CCCCCCCCC/C=C\CCCCCCCCC. The van der Waals surface area contributed by atoms with E-state index in [9.17, 15) is 39.8 Å². The third-order valence-corrected chi connectivity index (χ3v) is 11.8. The minimum Gasteiger partial charge on any atom is -0.457 e. The van der Waals surface area contributed by atoms with Gasteiger partial charge in [0, 0.05) is 13.0 Å². The van der Waals surface area contributed by atoms with Gasteiger partial charge in [-0.1, -0.05) is 147 Å². The van der Waals surface area contributed by atoms with Crippen LogP contribution in [0, 0.1) is 0 Å². The Morgan fingerprint density at radius 1 is 0.534 bits per heavy atom. The summed E-state index contributed by atoms with van der Waals surface area (Å²) < 4.78 is 34.1. The predicted molar refractivity (Wildman–Crippen MR) is 230 cm³/mol. The van der Waals surface area contributed by atoms with Crippen LogP contribution in [0.4, 0.5) is 0 Å². The molecule has 58 heavy (non-hydrogen) atoms. The molecule has 0 aliphatic heterocycles. The van der Waals surface area contributed by atoms with Gasteiger partial charge in [0.05, 0.1) is 13.2 Å². The van der Waals surface area contributed by atoms with E-state index in [4.69, 9.17) is 18.5 Å². The largest absolute Gasteiger partial charge is 0.472 e. The number of hydrogen-bond acceptors (Lipinski definition) is 11. The summed E-state index contributed by atoms with van der Waals surface area (Å²) in [4.78, 5) is 23.1. The van der Waals surface area contributed by atoms with Crippen LogP contribution in [-0.2, 0) is 27.9 Å². The van der Waals surface area contributed by atoms with Gasteiger partial charge in [-0.3, -0.25) is 13.8 Å². The zero-order valence-corrected chi connectivity index (χ0v) is 37.2. The summed E-state index contributed by atoms with van der Waals surface area (Å²) in [5.41, 5.74) is 0. The van der Waals surface area contributed by atoms with Crippen LogP contribution in [0.5, 0.6) is 0 Å². The van der Waals surface area contributed by atoms with Gasteiger partial charge in [-0.05, 0) is 64.2 Å². The average molecular weight is 849 g/mol. The molecular formula is C45H85O12P. The zero-order valence-electron chi connectivity index (χ0n) is 36.4. The van der Waals surface area contributed by atoms with Crippen LogP contribution in [0.1, 0.15) is 194 Å². The van der Waals surface area contributed by atoms with Crippen molar-refractivity contribution in [1.82, 2.24) is 0 Å². The van der Waals surface area contributed by atoms with Crippen molar-refractivity contribution < 1.29 is 58.3 Å². The normalized spacial score (nSPS) is 22.8. The molecule has 13 heteroatoms. The highest BCUT2D eigenvalue weighted by atomic mass is 31.2. The van der Waals surface area contributed by atoms with E-state index in [1.54, 1.807) is 0 Å². The predicted octanol–water partition coefficient (Wildman–Crippen LogP) is 9.31. The summed E-state index contributed by atoms with van der Waals surface area (Å²) in [5, 5.41) is 50.1. The van der Waals surface area contributed by atoms with E-state index in [-0.39, 0.29) is 13.0 Å². The molecule has 1 aliphatic carbocycles. The van der Waals surface area contributed by atoms with Crippen LogP contribution < -0.4 is 0 Å². The number of carbonyl (C=O) groups is 1. The molecule has 0 aromatic rings. The highest BCUT2D eigenvalue weighted by molar-refractivity contribution is 7.47. The fraction of sp³-hybridized carbons (Fsp3) is 0.889. The van der Waals surface area contributed by atoms with Gasteiger partial charge in [0.1, 0.15) is 42.7 Å². The maximum atomic E-state index is 12.8. The zero-order chi connectivity index (χ0) is 42.7. The van der Waals surface area contributed by atoms with Crippen LogP contribution in [0.2, 0.25) is 0 Å². The lowest BCUT2D eigenvalue weighted by atomic mass is 9.85. The highest BCUT2D eigenvalue weighted by Crippen LogP contribution is 2.47. The Morgan fingerprint density at radius 2 is 0.914 bits per heavy atom. The molecule has 6 atom stereocenters.